The fourth-order valence-corrected chi connectivity index (χ4v) is 1.42. The van der Waals surface area contributed by atoms with Crippen molar-refractivity contribution >= 4 is 0 Å². The first-order valence-electron chi connectivity index (χ1n) is 4.73. The monoisotopic (exact) mass is 197 g/mol. The summed E-state index contributed by atoms with van der Waals surface area (Å²) in [6, 6.07) is 4.69. The first-order valence-corrected chi connectivity index (χ1v) is 4.73. The van der Waals surface area contributed by atoms with Gasteiger partial charge in [-0.25, -0.2) is 4.39 Å². The van der Waals surface area contributed by atoms with Gasteiger partial charge in [-0.2, -0.15) is 0 Å². The van der Waals surface area contributed by atoms with Crippen molar-refractivity contribution in [3.63, 3.8) is 0 Å². The molecule has 3 N–H and O–H groups in total. The molecule has 1 aromatic carbocycles. The van der Waals surface area contributed by atoms with Crippen LogP contribution in [0.4, 0.5) is 4.39 Å². The van der Waals surface area contributed by atoms with Gasteiger partial charge in [0.1, 0.15) is 5.82 Å². The van der Waals surface area contributed by atoms with Crippen LogP contribution in [0.2, 0.25) is 0 Å². The lowest BCUT2D eigenvalue weighted by Gasteiger charge is -2.13. The Morgan fingerprint density at radius 2 is 2.21 bits per heavy atom. The van der Waals surface area contributed by atoms with Crippen molar-refractivity contribution < 1.29 is 9.50 Å². The van der Waals surface area contributed by atoms with Crippen molar-refractivity contribution in [1.29, 1.82) is 0 Å². The Morgan fingerprint density at radius 1 is 1.50 bits per heavy atom. The zero-order valence-electron chi connectivity index (χ0n) is 8.33. The molecule has 1 atom stereocenters. The van der Waals surface area contributed by atoms with Crippen LogP contribution in [0.25, 0.3) is 0 Å². The van der Waals surface area contributed by atoms with Gasteiger partial charge in [-0.3, -0.25) is 0 Å². The van der Waals surface area contributed by atoms with E-state index in [-0.39, 0.29) is 18.3 Å². The maximum Gasteiger partial charge on any atom is 0.123 e. The molecule has 0 saturated carbocycles. The maximum atomic E-state index is 12.8. The number of aliphatic hydroxyl groups is 1. The first kappa shape index (κ1) is 11.1. The van der Waals surface area contributed by atoms with E-state index in [2.05, 4.69) is 0 Å². The molecule has 0 fully saturated rings. The Bertz CT molecular complexity index is 297. The second kappa shape index (κ2) is 5.08. The fourth-order valence-electron chi connectivity index (χ4n) is 1.42. The highest BCUT2D eigenvalue weighted by Gasteiger charge is 2.08. The Labute approximate surface area is 83.6 Å². The Hall–Kier alpha value is -0.930. The average molecular weight is 197 g/mol. The summed E-state index contributed by atoms with van der Waals surface area (Å²) >= 11 is 0. The third kappa shape index (κ3) is 2.79. The van der Waals surface area contributed by atoms with Crippen molar-refractivity contribution in [3.8, 4) is 0 Å². The van der Waals surface area contributed by atoms with Gasteiger partial charge in [-0.1, -0.05) is 6.07 Å². The Morgan fingerprint density at radius 3 is 2.71 bits per heavy atom. The van der Waals surface area contributed by atoms with Gasteiger partial charge in [0.05, 0.1) is 0 Å². The van der Waals surface area contributed by atoms with Gasteiger partial charge in [0.15, 0.2) is 0 Å². The standard InChI is InChI=1S/C11H16FNO/c1-8-4-11(12)3-2-10(8)5-9(6-13)7-14/h2-4,9,14H,5-7,13H2,1H3. The van der Waals surface area contributed by atoms with Crippen LogP contribution in [0.5, 0.6) is 0 Å². The normalized spacial score (nSPS) is 12.9. The van der Waals surface area contributed by atoms with E-state index in [0.717, 1.165) is 11.1 Å². The fraction of sp³-hybridized carbons (Fsp3) is 0.455. The highest BCUT2D eigenvalue weighted by atomic mass is 19.1. The molecule has 14 heavy (non-hydrogen) atoms. The predicted molar refractivity (Wildman–Crippen MR) is 54.5 cm³/mol. The van der Waals surface area contributed by atoms with E-state index in [9.17, 15) is 4.39 Å². The molecule has 1 aromatic rings. The lowest BCUT2D eigenvalue weighted by molar-refractivity contribution is 0.229. The van der Waals surface area contributed by atoms with Crippen molar-refractivity contribution in [3.05, 3.63) is 35.1 Å². The van der Waals surface area contributed by atoms with Crippen LogP contribution < -0.4 is 5.73 Å². The number of aryl methyl sites for hydroxylation is 1. The van der Waals surface area contributed by atoms with E-state index in [1.165, 1.54) is 12.1 Å². The molecular weight excluding hydrogens is 181 g/mol. The summed E-state index contributed by atoms with van der Waals surface area (Å²) < 4.78 is 12.8. The van der Waals surface area contributed by atoms with E-state index in [1.807, 2.05) is 6.92 Å². The van der Waals surface area contributed by atoms with Gasteiger partial charge in [0, 0.05) is 6.61 Å². The zero-order chi connectivity index (χ0) is 10.6. The molecule has 78 valence electrons. The predicted octanol–water partition coefficient (Wildman–Crippen LogP) is 1.24. The van der Waals surface area contributed by atoms with Gasteiger partial charge in [-0.15, -0.1) is 0 Å². The molecular formula is C11H16FNO. The second-order valence-electron chi connectivity index (χ2n) is 3.56. The third-order valence-corrected chi connectivity index (χ3v) is 2.40. The average Bonchev–Trinajstić information content (AvgIpc) is 2.17. The molecule has 0 aromatic heterocycles. The van der Waals surface area contributed by atoms with Crippen LogP contribution in [0.3, 0.4) is 0 Å². The quantitative estimate of drug-likeness (QED) is 0.763. The summed E-state index contributed by atoms with van der Waals surface area (Å²) in [7, 11) is 0. The van der Waals surface area contributed by atoms with Gasteiger partial charge >= 0.3 is 0 Å². The van der Waals surface area contributed by atoms with Gasteiger partial charge in [0.2, 0.25) is 0 Å². The van der Waals surface area contributed by atoms with Crippen LogP contribution >= 0.6 is 0 Å². The van der Waals surface area contributed by atoms with Crippen molar-refractivity contribution in [2.75, 3.05) is 13.2 Å². The molecule has 1 unspecified atom stereocenters. The van der Waals surface area contributed by atoms with E-state index in [4.69, 9.17) is 10.8 Å². The highest BCUT2D eigenvalue weighted by Crippen LogP contribution is 2.14. The number of nitrogens with two attached hydrogens (primary N) is 1. The smallest absolute Gasteiger partial charge is 0.123 e. The topological polar surface area (TPSA) is 46.2 Å². The zero-order valence-corrected chi connectivity index (χ0v) is 8.33. The number of hydrogen-bond acceptors (Lipinski definition) is 2. The summed E-state index contributed by atoms with van der Waals surface area (Å²) in [5.41, 5.74) is 7.44. The van der Waals surface area contributed by atoms with Crippen molar-refractivity contribution in [2.45, 2.75) is 13.3 Å². The molecule has 0 aliphatic heterocycles. The number of aliphatic hydroxyl groups excluding tert-OH is 1. The Balaban J connectivity index is 2.76. The molecule has 2 nitrogen and oxygen atoms in total. The SMILES string of the molecule is Cc1cc(F)ccc1CC(CN)CO. The molecule has 0 saturated heterocycles. The molecule has 3 heteroatoms. The second-order valence-corrected chi connectivity index (χ2v) is 3.56. The minimum atomic E-state index is -0.223. The molecule has 0 radical (unpaired) electrons. The van der Waals surface area contributed by atoms with E-state index in [0.29, 0.717) is 13.0 Å². The number of halogens is 1. The molecule has 1 rings (SSSR count). The lowest BCUT2D eigenvalue weighted by Crippen LogP contribution is -2.20. The summed E-state index contributed by atoms with van der Waals surface area (Å²) in [6.07, 6.45) is 0.707. The molecule has 0 spiro atoms. The van der Waals surface area contributed by atoms with E-state index >= 15 is 0 Å². The molecule has 0 aliphatic rings. The molecule has 0 heterocycles. The minimum Gasteiger partial charge on any atom is -0.396 e. The van der Waals surface area contributed by atoms with Gasteiger partial charge in [0.25, 0.3) is 0 Å². The van der Waals surface area contributed by atoms with Crippen LogP contribution in [0, 0.1) is 18.7 Å². The minimum absolute atomic E-state index is 0.0687. The largest absolute Gasteiger partial charge is 0.396 e. The molecule has 0 amide bonds. The summed E-state index contributed by atoms with van der Waals surface area (Å²) in [6.45, 7) is 2.39. The van der Waals surface area contributed by atoms with E-state index < -0.39 is 0 Å². The molecule has 0 aliphatic carbocycles. The maximum absolute atomic E-state index is 12.8. The summed E-state index contributed by atoms with van der Waals surface area (Å²) in [5.74, 6) is -0.154. The first-order chi connectivity index (χ1) is 6.67. The van der Waals surface area contributed by atoms with Crippen LogP contribution in [-0.2, 0) is 6.42 Å². The van der Waals surface area contributed by atoms with Crippen LogP contribution in [0.15, 0.2) is 18.2 Å². The summed E-state index contributed by atoms with van der Waals surface area (Å²) in [5, 5.41) is 8.98. The number of rotatable bonds is 4. The Kier molecular flexibility index (Phi) is 4.04. The van der Waals surface area contributed by atoms with Crippen LogP contribution in [-0.4, -0.2) is 18.3 Å². The van der Waals surface area contributed by atoms with Crippen molar-refractivity contribution in [2.24, 2.45) is 11.7 Å². The summed E-state index contributed by atoms with van der Waals surface area (Å²) in [4.78, 5) is 0. The molecule has 0 bridgehead atoms. The van der Waals surface area contributed by atoms with Crippen molar-refractivity contribution in [1.82, 2.24) is 0 Å². The number of benzene rings is 1. The van der Waals surface area contributed by atoms with Gasteiger partial charge in [-0.05, 0) is 49.1 Å². The lowest BCUT2D eigenvalue weighted by atomic mass is 9.97. The third-order valence-electron chi connectivity index (χ3n) is 2.40. The van der Waals surface area contributed by atoms with Crippen LogP contribution in [0.1, 0.15) is 11.1 Å². The highest BCUT2D eigenvalue weighted by molar-refractivity contribution is 5.26. The van der Waals surface area contributed by atoms with Gasteiger partial charge < -0.3 is 10.8 Å². The van der Waals surface area contributed by atoms with E-state index in [1.54, 1.807) is 6.07 Å². The number of hydrogen-bond donors (Lipinski definition) is 2.